The Morgan fingerprint density at radius 1 is 1.48 bits per heavy atom. The number of carbonyl (C=O) groups is 1. The monoisotopic (exact) mass is 308 g/mol. The Kier molecular flexibility index (Phi) is 5.51. The van der Waals surface area contributed by atoms with E-state index in [1.807, 2.05) is 25.6 Å². The Hall–Kier alpha value is -1.23. The van der Waals surface area contributed by atoms with Gasteiger partial charge in [-0.2, -0.15) is 11.8 Å². The van der Waals surface area contributed by atoms with Crippen molar-refractivity contribution < 1.29 is 9.90 Å². The van der Waals surface area contributed by atoms with Gasteiger partial charge in [0.1, 0.15) is 5.82 Å². The van der Waals surface area contributed by atoms with Crippen LogP contribution in [0.15, 0.2) is 12.1 Å². The molecule has 1 aliphatic carbocycles. The number of rotatable bonds is 6. The van der Waals surface area contributed by atoms with E-state index in [-0.39, 0.29) is 5.92 Å². The van der Waals surface area contributed by atoms with Crippen LogP contribution in [0, 0.1) is 0 Å². The standard InChI is InChI=1S/C16H24N2O2S/c1-4-21-14-7-5-6-12(14)17-15-9-11(16(19)20)8-13(18-15)10(2)3/h8-10,12,14H,4-7H2,1-3H3,(H,17,18)(H,19,20). The quantitative estimate of drug-likeness (QED) is 0.832. The molecule has 1 aromatic rings. The summed E-state index contributed by atoms with van der Waals surface area (Å²) >= 11 is 1.98. The van der Waals surface area contributed by atoms with E-state index >= 15 is 0 Å². The molecule has 0 bridgehead atoms. The van der Waals surface area contributed by atoms with Crippen LogP contribution in [0.5, 0.6) is 0 Å². The molecule has 4 nitrogen and oxygen atoms in total. The van der Waals surface area contributed by atoms with Crippen LogP contribution < -0.4 is 5.32 Å². The van der Waals surface area contributed by atoms with Gasteiger partial charge in [0.15, 0.2) is 0 Å². The highest BCUT2D eigenvalue weighted by molar-refractivity contribution is 7.99. The minimum absolute atomic E-state index is 0.217. The maximum Gasteiger partial charge on any atom is 0.335 e. The molecule has 0 aromatic carbocycles. The van der Waals surface area contributed by atoms with E-state index in [0.717, 1.165) is 17.9 Å². The number of anilines is 1. The molecular weight excluding hydrogens is 284 g/mol. The van der Waals surface area contributed by atoms with Crippen molar-refractivity contribution in [2.75, 3.05) is 11.1 Å². The average Bonchev–Trinajstić information content (AvgIpc) is 2.86. The molecule has 1 heterocycles. The van der Waals surface area contributed by atoms with Crippen LogP contribution >= 0.6 is 11.8 Å². The molecule has 116 valence electrons. The Morgan fingerprint density at radius 3 is 2.86 bits per heavy atom. The van der Waals surface area contributed by atoms with Crippen molar-refractivity contribution >= 4 is 23.5 Å². The number of hydrogen-bond acceptors (Lipinski definition) is 4. The fourth-order valence-corrected chi connectivity index (χ4v) is 3.94. The van der Waals surface area contributed by atoms with Crippen LogP contribution in [0.25, 0.3) is 0 Å². The third kappa shape index (κ3) is 4.13. The number of nitrogens with one attached hydrogen (secondary N) is 1. The molecule has 21 heavy (non-hydrogen) atoms. The highest BCUT2D eigenvalue weighted by Gasteiger charge is 2.27. The lowest BCUT2D eigenvalue weighted by Gasteiger charge is -2.21. The van der Waals surface area contributed by atoms with Gasteiger partial charge in [-0.15, -0.1) is 0 Å². The van der Waals surface area contributed by atoms with Gasteiger partial charge >= 0.3 is 5.97 Å². The molecule has 2 rings (SSSR count). The van der Waals surface area contributed by atoms with E-state index in [0.29, 0.717) is 22.7 Å². The van der Waals surface area contributed by atoms with E-state index in [9.17, 15) is 9.90 Å². The van der Waals surface area contributed by atoms with Crippen LogP contribution in [0.3, 0.4) is 0 Å². The maximum absolute atomic E-state index is 11.3. The molecule has 2 unspecified atom stereocenters. The Labute approximate surface area is 130 Å². The topological polar surface area (TPSA) is 62.2 Å². The van der Waals surface area contributed by atoms with Crippen molar-refractivity contribution in [3.63, 3.8) is 0 Å². The molecule has 5 heteroatoms. The van der Waals surface area contributed by atoms with Gasteiger partial charge < -0.3 is 10.4 Å². The van der Waals surface area contributed by atoms with Crippen molar-refractivity contribution in [1.29, 1.82) is 0 Å². The number of nitrogens with zero attached hydrogens (tertiary/aromatic N) is 1. The Bertz CT molecular complexity index is 505. The first kappa shape index (κ1) is 16.1. The first-order valence-corrected chi connectivity index (χ1v) is 8.69. The molecule has 0 radical (unpaired) electrons. The summed E-state index contributed by atoms with van der Waals surface area (Å²) in [7, 11) is 0. The third-order valence-corrected chi connectivity index (χ3v) is 5.18. The van der Waals surface area contributed by atoms with Crippen molar-refractivity contribution in [3.05, 3.63) is 23.4 Å². The minimum atomic E-state index is -0.895. The second-order valence-corrected chi connectivity index (χ2v) is 7.32. The second-order valence-electron chi connectivity index (χ2n) is 5.80. The van der Waals surface area contributed by atoms with Gasteiger partial charge in [-0.1, -0.05) is 27.2 Å². The van der Waals surface area contributed by atoms with Gasteiger partial charge in [0.05, 0.1) is 5.56 Å². The molecule has 0 amide bonds. The summed E-state index contributed by atoms with van der Waals surface area (Å²) in [5.41, 5.74) is 1.14. The number of hydrogen-bond donors (Lipinski definition) is 2. The molecule has 0 saturated heterocycles. The number of carboxylic acid groups (broad SMARTS) is 1. The maximum atomic E-state index is 11.3. The number of pyridine rings is 1. The number of carboxylic acids is 1. The average molecular weight is 308 g/mol. The molecule has 1 saturated carbocycles. The smallest absolute Gasteiger partial charge is 0.335 e. The van der Waals surface area contributed by atoms with Crippen molar-refractivity contribution in [2.45, 2.75) is 57.2 Å². The van der Waals surface area contributed by atoms with Crippen LogP contribution in [0.2, 0.25) is 0 Å². The van der Waals surface area contributed by atoms with Crippen molar-refractivity contribution in [1.82, 2.24) is 4.98 Å². The molecule has 0 aliphatic heterocycles. The number of aromatic nitrogens is 1. The largest absolute Gasteiger partial charge is 0.478 e. The number of thioether (sulfide) groups is 1. The van der Waals surface area contributed by atoms with Crippen molar-refractivity contribution in [2.24, 2.45) is 0 Å². The third-order valence-electron chi connectivity index (χ3n) is 3.85. The Balaban J connectivity index is 2.20. The lowest BCUT2D eigenvalue weighted by Crippen LogP contribution is -2.27. The van der Waals surface area contributed by atoms with E-state index in [2.05, 4.69) is 17.2 Å². The number of aromatic carboxylic acids is 1. The fourth-order valence-electron chi connectivity index (χ4n) is 2.74. The van der Waals surface area contributed by atoms with Gasteiger partial charge in [-0.3, -0.25) is 0 Å². The van der Waals surface area contributed by atoms with Crippen LogP contribution in [-0.4, -0.2) is 33.1 Å². The first-order valence-electron chi connectivity index (χ1n) is 7.64. The second kappa shape index (κ2) is 7.16. The molecular formula is C16H24N2O2S. The van der Waals surface area contributed by atoms with Crippen molar-refractivity contribution in [3.8, 4) is 0 Å². The van der Waals surface area contributed by atoms with Gasteiger partial charge in [0, 0.05) is 17.0 Å². The lowest BCUT2D eigenvalue weighted by atomic mass is 10.1. The molecule has 0 spiro atoms. The highest BCUT2D eigenvalue weighted by Crippen LogP contribution is 2.32. The summed E-state index contributed by atoms with van der Waals surface area (Å²) in [6, 6.07) is 3.72. The van der Waals surface area contributed by atoms with Gasteiger partial charge in [0.2, 0.25) is 0 Å². The predicted molar refractivity (Wildman–Crippen MR) is 88.5 cm³/mol. The molecule has 1 aromatic heterocycles. The Morgan fingerprint density at radius 2 is 2.24 bits per heavy atom. The lowest BCUT2D eigenvalue weighted by molar-refractivity contribution is 0.0696. The highest BCUT2D eigenvalue weighted by atomic mass is 32.2. The van der Waals surface area contributed by atoms with Gasteiger partial charge in [0.25, 0.3) is 0 Å². The zero-order valence-electron chi connectivity index (χ0n) is 12.9. The van der Waals surface area contributed by atoms with Crippen LogP contribution in [0.1, 0.15) is 62.0 Å². The molecule has 2 N–H and O–H groups in total. The van der Waals surface area contributed by atoms with E-state index in [1.54, 1.807) is 12.1 Å². The molecule has 1 aliphatic rings. The molecule has 1 fully saturated rings. The predicted octanol–water partition coefficient (Wildman–Crippen LogP) is 3.99. The zero-order valence-corrected chi connectivity index (χ0v) is 13.7. The summed E-state index contributed by atoms with van der Waals surface area (Å²) < 4.78 is 0. The molecule has 2 atom stereocenters. The fraction of sp³-hybridized carbons (Fsp3) is 0.625. The minimum Gasteiger partial charge on any atom is -0.478 e. The zero-order chi connectivity index (χ0) is 15.4. The van der Waals surface area contributed by atoms with E-state index in [4.69, 9.17) is 0 Å². The summed E-state index contributed by atoms with van der Waals surface area (Å²) in [6.45, 7) is 6.24. The summed E-state index contributed by atoms with van der Waals surface area (Å²) in [5, 5.41) is 13.3. The summed E-state index contributed by atoms with van der Waals surface area (Å²) in [5.74, 6) is 1.14. The van der Waals surface area contributed by atoms with Gasteiger partial charge in [-0.25, -0.2) is 9.78 Å². The first-order chi connectivity index (χ1) is 10.0. The summed E-state index contributed by atoms with van der Waals surface area (Å²) in [4.78, 5) is 15.9. The summed E-state index contributed by atoms with van der Waals surface area (Å²) in [6.07, 6.45) is 3.59. The van der Waals surface area contributed by atoms with Gasteiger partial charge in [-0.05, 0) is 36.6 Å². The van der Waals surface area contributed by atoms with Crippen LogP contribution in [0.4, 0.5) is 5.82 Å². The SMILES string of the molecule is CCSC1CCCC1Nc1cc(C(=O)O)cc(C(C)C)n1. The normalized spacial score (nSPS) is 21.7. The van der Waals surface area contributed by atoms with Crippen LogP contribution in [-0.2, 0) is 0 Å². The van der Waals surface area contributed by atoms with E-state index in [1.165, 1.54) is 12.8 Å². The van der Waals surface area contributed by atoms with E-state index < -0.39 is 5.97 Å².